The molecule has 0 aromatic heterocycles. The number of benzene rings is 1. The number of imide groups is 1. The number of alkyl halides is 3. The summed E-state index contributed by atoms with van der Waals surface area (Å²) in [5, 5.41) is 9.53. The zero-order chi connectivity index (χ0) is 12.8. The summed E-state index contributed by atoms with van der Waals surface area (Å²) in [4.78, 5) is 23.7. The molecule has 0 unspecified atom stereocenters. The maximum atomic E-state index is 11.9. The maximum absolute atomic E-state index is 11.9. The minimum absolute atomic E-state index is 0.0701. The van der Waals surface area contributed by atoms with Crippen LogP contribution in [0.1, 0.15) is 20.7 Å². The Kier molecular flexibility index (Phi) is 3.20. The first-order valence-corrected chi connectivity index (χ1v) is 6.18. The Morgan fingerprint density at radius 1 is 1.18 bits per heavy atom. The van der Waals surface area contributed by atoms with E-state index in [0.717, 1.165) is 4.31 Å². The van der Waals surface area contributed by atoms with Crippen molar-refractivity contribution in [3.63, 3.8) is 0 Å². The number of fused-ring (bicyclic) bond motifs is 1. The van der Waals surface area contributed by atoms with Gasteiger partial charge in [-0.05, 0) is 12.1 Å². The van der Waals surface area contributed by atoms with Gasteiger partial charge >= 0.3 is 0 Å². The van der Waals surface area contributed by atoms with Gasteiger partial charge in [0.25, 0.3) is 14.9 Å². The molecule has 0 bridgehead atoms. The number of aromatic hydroxyl groups is 1. The topological polar surface area (TPSA) is 57.6 Å². The first-order chi connectivity index (χ1) is 7.81. The molecule has 0 fully saturated rings. The largest absolute Gasteiger partial charge is 0.507 e. The van der Waals surface area contributed by atoms with E-state index in [1.165, 1.54) is 18.2 Å². The molecule has 0 atom stereocenters. The molecule has 1 heterocycles. The highest BCUT2D eigenvalue weighted by molar-refractivity contribution is 8.03. The molecule has 0 aliphatic carbocycles. The number of phenols is 1. The van der Waals surface area contributed by atoms with Crippen molar-refractivity contribution in [2.45, 2.75) is 3.12 Å². The van der Waals surface area contributed by atoms with E-state index in [0.29, 0.717) is 11.9 Å². The summed E-state index contributed by atoms with van der Waals surface area (Å²) in [6, 6.07) is 4.20. The summed E-state index contributed by atoms with van der Waals surface area (Å²) in [5.41, 5.74) is 0.0241. The monoisotopic (exact) mass is 311 g/mol. The standard InChI is InChI=1S/C9H4Cl3NO3S/c10-9(11,12)17-13-7(15)4-2-1-3-5(14)6(4)8(13)16/h1-3,14H. The van der Waals surface area contributed by atoms with Crippen LogP contribution in [-0.4, -0.2) is 24.4 Å². The van der Waals surface area contributed by atoms with Gasteiger partial charge in [0.05, 0.1) is 11.1 Å². The van der Waals surface area contributed by atoms with Gasteiger partial charge in [-0.2, -0.15) is 0 Å². The number of amides is 2. The van der Waals surface area contributed by atoms with Crippen molar-refractivity contribution in [3.05, 3.63) is 29.3 Å². The lowest BCUT2D eigenvalue weighted by Gasteiger charge is -2.17. The molecule has 2 rings (SSSR count). The molecule has 1 aliphatic rings. The van der Waals surface area contributed by atoms with Crippen molar-refractivity contribution in [1.82, 2.24) is 4.31 Å². The van der Waals surface area contributed by atoms with Gasteiger partial charge in [-0.3, -0.25) is 9.59 Å². The molecule has 1 N–H and O–H groups in total. The van der Waals surface area contributed by atoms with Crippen molar-refractivity contribution in [2.24, 2.45) is 0 Å². The Hall–Kier alpha value is -0.620. The highest BCUT2D eigenvalue weighted by Gasteiger charge is 2.42. The van der Waals surface area contributed by atoms with Crippen molar-refractivity contribution < 1.29 is 14.7 Å². The van der Waals surface area contributed by atoms with Crippen molar-refractivity contribution >= 4 is 58.6 Å². The number of phenolic OH excluding ortho intramolecular Hbond substituents is 1. The average molecular weight is 313 g/mol. The predicted molar refractivity (Wildman–Crippen MR) is 66.5 cm³/mol. The quantitative estimate of drug-likeness (QED) is 0.492. The van der Waals surface area contributed by atoms with Crippen LogP contribution in [0.15, 0.2) is 18.2 Å². The molecular weight excluding hydrogens is 309 g/mol. The van der Waals surface area contributed by atoms with Crippen molar-refractivity contribution in [1.29, 1.82) is 0 Å². The van der Waals surface area contributed by atoms with E-state index in [9.17, 15) is 14.7 Å². The van der Waals surface area contributed by atoms with Crippen LogP contribution in [-0.2, 0) is 0 Å². The molecule has 0 spiro atoms. The fraction of sp³-hybridized carbons (Fsp3) is 0.111. The van der Waals surface area contributed by atoms with Crippen LogP contribution in [0, 0.1) is 0 Å². The van der Waals surface area contributed by atoms with E-state index >= 15 is 0 Å². The molecular formula is C9H4Cl3NO3S. The number of carbonyl (C=O) groups is 2. The number of carbonyl (C=O) groups excluding carboxylic acids is 2. The lowest BCUT2D eigenvalue weighted by molar-refractivity contribution is 0.0776. The Morgan fingerprint density at radius 2 is 1.82 bits per heavy atom. The third-order valence-electron chi connectivity index (χ3n) is 2.05. The van der Waals surface area contributed by atoms with Gasteiger partial charge in [0.1, 0.15) is 5.75 Å². The summed E-state index contributed by atoms with van der Waals surface area (Å²) in [5.74, 6) is -1.58. The van der Waals surface area contributed by atoms with Gasteiger partial charge in [-0.1, -0.05) is 40.9 Å². The third-order valence-corrected chi connectivity index (χ3v) is 3.39. The molecule has 90 valence electrons. The molecule has 0 saturated heterocycles. The molecule has 8 heteroatoms. The van der Waals surface area contributed by atoms with Crippen LogP contribution in [0.2, 0.25) is 0 Å². The molecule has 0 radical (unpaired) electrons. The first kappa shape index (κ1) is 12.8. The summed E-state index contributed by atoms with van der Waals surface area (Å²) in [6.45, 7) is 0. The lowest BCUT2D eigenvalue weighted by Crippen LogP contribution is -2.25. The summed E-state index contributed by atoms with van der Waals surface area (Å²) in [6.07, 6.45) is 0. The van der Waals surface area contributed by atoms with Crippen LogP contribution in [0.3, 0.4) is 0 Å². The highest BCUT2D eigenvalue weighted by Crippen LogP contribution is 2.45. The summed E-state index contributed by atoms with van der Waals surface area (Å²) >= 11 is 17.0. The van der Waals surface area contributed by atoms with E-state index in [2.05, 4.69) is 0 Å². The molecule has 17 heavy (non-hydrogen) atoms. The Labute approximate surface area is 116 Å². The summed E-state index contributed by atoms with van der Waals surface area (Å²) < 4.78 is -1.11. The van der Waals surface area contributed by atoms with Gasteiger partial charge in [-0.15, -0.1) is 0 Å². The van der Waals surface area contributed by atoms with E-state index < -0.39 is 14.9 Å². The average Bonchev–Trinajstić information content (AvgIpc) is 2.43. The van der Waals surface area contributed by atoms with Crippen LogP contribution < -0.4 is 0 Å². The molecule has 1 aromatic carbocycles. The second kappa shape index (κ2) is 4.24. The van der Waals surface area contributed by atoms with E-state index in [1.807, 2.05) is 0 Å². The van der Waals surface area contributed by atoms with E-state index in [4.69, 9.17) is 34.8 Å². The number of hydrogen-bond donors (Lipinski definition) is 1. The molecule has 2 amide bonds. The van der Waals surface area contributed by atoms with Gasteiger partial charge in [0.15, 0.2) is 0 Å². The molecule has 4 nitrogen and oxygen atoms in total. The Balaban J connectivity index is 2.43. The van der Waals surface area contributed by atoms with Crippen molar-refractivity contribution in [3.8, 4) is 5.75 Å². The predicted octanol–water partition coefficient (Wildman–Crippen LogP) is 2.96. The van der Waals surface area contributed by atoms with Gasteiger partial charge in [0.2, 0.25) is 0 Å². The SMILES string of the molecule is O=C1c2cccc(O)c2C(=O)N1SC(Cl)(Cl)Cl. The minimum atomic E-state index is -1.83. The second-order valence-electron chi connectivity index (χ2n) is 3.14. The maximum Gasteiger partial charge on any atom is 0.275 e. The van der Waals surface area contributed by atoms with Gasteiger partial charge in [0, 0.05) is 11.9 Å². The Bertz CT molecular complexity index is 515. The molecule has 0 saturated carbocycles. The first-order valence-electron chi connectivity index (χ1n) is 4.28. The second-order valence-corrected chi connectivity index (χ2v) is 7.26. The van der Waals surface area contributed by atoms with Crippen molar-refractivity contribution in [2.75, 3.05) is 0 Å². The molecule has 1 aromatic rings. The van der Waals surface area contributed by atoms with Crippen LogP contribution >= 0.6 is 46.8 Å². The lowest BCUT2D eigenvalue weighted by atomic mass is 10.1. The normalized spacial score (nSPS) is 15.4. The highest BCUT2D eigenvalue weighted by atomic mass is 35.6. The summed E-state index contributed by atoms with van der Waals surface area (Å²) in [7, 11) is 0. The number of halogens is 3. The number of nitrogens with zero attached hydrogens (tertiary/aromatic N) is 1. The fourth-order valence-corrected chi connectivity index (χ4v) is 2.62. The third kappa shape index (κ3) is 2.33. The number of rotatable bonds is 1. The number of hydrogen-bond acceptors (Lipinski definition) is 4. The van der Waals surface area contributed by atoms with E-state index in [-0.39, 0.29) is 16.9 Å². The zero-order valence-corrected chi connectivity index (χ0v) is 11.1. The van der Waals surface area contributed by atoms with Crippen LogP contribution in [0.5, 0.6) is 5.75 Å². The zero-order valence-electron chi connectivity index (χ0n) is 7.99. The molecule has 1 aliphatic heterocycles. The Morgan fingerprint density at radius 3 is 2.35 bits per heavy atom. The van der Waals surface area contributed by atoms with Gasteiger partial charge < -0.3 is 5.11 Å². The van der Waals surface area contributed by atoms with E-state index in [1.54, 1.807) is 0 Å². The fourth-order valence-electron chi connectivity index (χ4n) is 1.43. The van der Waals surface area contributed by atoms with Gasteiger partial charge in [-0.25, -0.2) is 4.31 Å². The van der Waals surface area contributed by atoms with Crippen LogP contribution in [0.25, 0.3) is 0 Å². The van der Waals surface area contributed by atoms with Crippen LogP contribution in [0.4, 0.5) is 0 Å². The smallest absolute Gasteiger partial charge is 0.275 e. The minimum Gasteiger partial charge on any atom is -0.507 e.